The fourth-order valence-corrected chi connectivity index (χ4v) is 0. The molecule has 6 heteroatoms. The fourth-order valence-electron chi connectivity index (χ4n) is 0. The summed E-state index contributed by atoms with van der Waals surface area (Å²) in [6.45, 7) is 0. The van der Waals surface area contributed by atoms with Crippen LogP contribution in [-0.4, -0.2) is 4.89 Å². The van der Waals surface area contributed by atoms with E-state index in [9.17, 15) is 0 Å². The maximum absolute atomic E-state index is 8.59. The van der Waals surface area contributed by atoms with E-state index in [-0.39, 0.29) is 103 Å². The first-order valence-corrected chi connectivity index (χ1v) is 1.70. The zero-order valence-corrected chi connectivity index (χ0v) is 10.9. The average Bonchev–Trinajstić information content (AvgIpc) is 0.811. The third-order valence-electron chi connectivity index (χ3n) is 0. The molecule has 0 aliphatic carbocycles. The van der Waals surface area contributed by atoms with E-state index in [4.69, 9.17) is 14.7 Å². The van der Waals surface area contributed by atoms with E-state index >= 15 is 0 Å². The fraction of sp³-hybridized carbons (Fsp3) is 0. The van der Waals surface area contributed by atoms with Crippen LogP contribution in [0.5, 0.6) is 0 Å². The summed E-state index contributed by atoms with van der Waals surface area (Å²) in [6.07, 6.45) is 0. The normalized spacial score (nSPS) is 6.00. The summed E-state index contributed by atoms with van der Waals surface area (Å²) >= 11 is 0. The largest absolute Gasteiger partial charge is 1.00 e. The second-order valence-electron chi connectivity index (χ2n) is 0.238. The predicted octanol–water partition coefficient (Wildman–Crippen LogP) is -8.07. The Morgan fingerprint density at radius 2 is 1.17 bits per heavy atom. The monoisotopic (exact) mass is 158 g/mol. The Morgan fingerprint density at radius 3 is 1.17 bits per heavy atom. The molecule has 0 bridgehead atoms. The van der Waals surface area contributed by atoms with Gasteiger partial charge in [0.25, 0.3) is 0 Å². The Morgan fingerprint density at radius 1 is 1.17 bits per heavy atom. The van der Waals surface area contributed by atoms with Crippen molar-refractivity contribution < 1.29 is 117 Å². The van der Waals surface area contributed by atoms with E-state index in [0.29, 0.717) is 0 Å². The Bertz CT molecular complexity index is 13.5. The number of hydrogen-bond acceptors (Lipinski definition) is 3. The van der Waals surface area contributed by atoms with Crippen LogP contribution in [0, 0.1) is 0 Å². The summed E-state index contributed by atoms with van der Waals surface area (Å²) in [5.74, 6) is 0. The summed E-state index contributed by atoms with van der Waals surface area (Å²) in [5.41, 5.74) is 0. The first-order chi connectivity index (χ1) is 1.73. The summed E-state index contributed by atoms with van der Waals surface area (Å²) in [5, 5.41) is 0. The van der Waals surface area contributed by atoms with Crippen molar-refractivity contribution in [2.75, 3.05) is 0 Å². The number of hydrogen-bond donors (Lipinski definition) is 1. The molecule has 0 unspecified atom stereocenters. The summed E-state index contributed by atoms with van der Waals surface area (Å²) in [6, 6.07) is 0. The van der Waals surface area contributed by atoms with Gasteiger partial charge in [0.2, 0.25) is 0 Å². The Balaban J connectivity index is -0.0000000450. The van der Waals surface area contributed by atoms with Crippen LogP contribution >= 0.6 is 8.60 Å². The van der Waals surface area contributed by atoms with Gasteiger partial charge in [-0.3, -0.25) is 0 Å². The van der Waals surface area contributed by atoms with Crippen LogP contribution < -0.4 is 113 Å². The molecule has 0 saturated carbocycles. The molecule has 6 heavy (non-hydrogen) atoms. The second-order valence-corrected chi connectivity index (χ2v) is 0.714. The van der Waals surface area contributed by atoms with Gasteiger partial charge in [-0.25, -0.2) is 0 Å². The van der Waals surface area contributed by atoms with E-state index < -0.39 is 8.60 Å². The molecular formula is HK2O3P. The molecule has 0 aliphatic heterocycles. The molecule has 0 radical (unpaired) electrons. The molecule has 0 atom stereocenters. The molecule has 0 aromatic heterocycles. The van der Waals surface area contributed by atoms with Crippen LogP contribution in [0.3, 0.4) is 0 Å². The van der Waals surface area contributed by atoms with E-state index in [1.165, 1.54) is 0 Å². The molecule has 0 amide bonds. The zero-order chi connectivity index (χ0) is 3.58. The van der Waals surface area contributed by atoms with E-state index in [1.807, 2.05) is 0 Å². The molecule has 0 aliphatic rings. The Labute approximate surface area is 122 Å². The first kappa shape index (κ1) is 16.3. The van der Waals surface area contributed by atoms with Crippen LogP contribution in [0.25, 0.3) is 0 Å². The minimum atomic E-state index is -3.12. The van der Waals surface area contributed by atoms with Gasteiger partial charge in [-0.1, -0.05) is 0 Å². The third kappa shape index (κ3) is 25.6. The smallest absolute Gasteiger partial charge is 0.820 e. The molecule has 0 aromatic carbocycles. The van der Waals surface area contributed by atoms with Gasteiger partial charge in [0.15, 0.2) is 0 Å². The van der Waals surface area contributed by atoms with Crippen molar-refractivity contribution >= 4 is 8.60 Å². The molecule has 0 fully saturated rings. The van der Waals surface area contributed by atoms with Gasteiger partial charge < -0.3 is 14.7 Å². The van der Waals surface area contributed by atoms with Crippen molar-refractivity contribution in [3.05, 3.63) is 0 Å². The van der Waals surface area contributed by atoms with Crippen molar-refractivity contribution in [2.45, 2.75) is 0 Å². The van der Waals surface area contributed by atoms with Crippen LogP contribution in [0.1, 0.15) is 0 Å². The van der Waals surface area contributed by atoms with Crippen LogP contribution in [0.2, 0.25) is 0 Å². The van der Waals surface area contributed by atoms with Gasteiger partial charge in [-0.2, -0.15) is 8.60 Å². The molecule has 3 nitrogen and oxygen atoms in total. The standard InChI is InChI=1S/2K.HO3P/c;;1-4(2)3/h;;1H/q2*+1;-2. The third-order valence-corrected chi connectivity index (χ3v) is 0. The maximum Gasteiger partial charge on any atom is 1.00 e. The first-order valence-electron chi connectivity index (χ1n) is 0.565. The van der Waals surface area contributed by atoms with Gasteiger partial charge >= 0.3 is 103 Å². The van der Waals surface area contributed by atoms with Gasteiger partial charge in [-0.05, 0) is 0 Å². The molecule has 0 spiro atoms. The van der Waals surface area contributed by atoms with Crippen molar-refractivity contribution in [1.29, 1.82) is 0 Å². The summed E-state index contributed by atoms with van der Waals surface area (Å²) < 4.78 is 0. The molecule has 0 heterocycles. The van der Waals surface area contributed by atoms with E-state index in [0.717, 1.165) is 0 Å². The van der Waals surface area contributed by atoms with Crippen LogP contribution in [0.15, 0.2) is 0 Å². The van der Waals surface area contributed by atoms with Crippen molar-refractivity contribution in [3.8, 4) is 0 Å². The predicted molar refractivity (Wildman–Crippen MR) is 9.14 cm³/mol. The number of rotatable bonds is 0. The van der Waals surface area contributed by atoms with Gasteiger partial charge in [-0.15, -0.1) is 0 Å². The quantitative estimate of drug-likeness (QED) is 0.281. The van der Waals surface area contributed by atoms with Crippen molar-refractivity contribution in [1.82, 2.24) is 0 Å². The minimum Gasteiger partial charge on any atom is -0.820 e. The summed E-state index contributed by atoms with van der Waals surface area (Å²) in [7, 11) is -3.12. The molecule has 26 valence electrons. The van der Waals surface area contributed by atoms with Gasteiger partial charge in [0.05, 0.1) is 0 Å². The van der Waals surface area contributed by atoms with Crippen LogP contribution in [-0.2, 0) is 0 Å². The topological polar surface area (TPSA) is 66.3 Å². The minimum absolute atomic E-state index is 0. The Hall–Kier alpha value is 3.58. The molecule has 0 rings (SSSR count). The van der Waals surface area contributed by atoms with Gasteiger partial charge in [0.1, 0.15) is 0 Å². The second kappa shape index (κ2) is 11.4. The Kier molecular flexibility index (Phi) is 30.9. The summed E-state index contributed by atoms with van der Waals surface area (Å²) in [4.78, 5) is 24.2. The van der Waals surface area contributed by atoms with Gasteiger partial charge in [0, 0.05) is 0 Å². The average molecular weight is 158 g/mol. The van der Waals surface area contributed by atoms with Crippen LogP contribution in [0.4, 0.5) is 0 Å². The van der Waals surface area contributed by atoms with Crippen molar-refractivity contribution in [2.24, 2.45) is 0 Å². The molecule has 1 N–H and O–H groups in total. The van der Waals surface area contributed by atoms with E-state index in [2.05, 4.69) is 0 Å². The zero-order valence-electron chi connectivity index (χ0n) is 3.71. The maximum atomic E-state index is 8.59. The SMILES string of the molecule is [K+].[K+].[O-]P([O-])O. The molecule has 0 saturated heterocycles. The van der Waals surface area contributed by atoms with Crippen molar-refractivity contribution in [3.63, 3.8) is 0 Å². The molecule has 0 aromatic rings. The van der Waals surface area contributed by atoms with E-state index in [1.54, 1.807) is 0 Å². The molecular weight excluding hydrogens is 157 g/mol.